The smallest absolute Gasteiger partial charge is 0.412 e. The molecule has 0 bridgehead atoms. The number of rotatable bonds is 4. The summed E-state index contributed by atoms with van der Waals surface area (Å²) in [6.07, 6.45) is -0.516. The molecule has 1 amide bonds. The number of benzene rings is 2. The van der Waals surface area contributed by atoms with Crippen LogP contribution in [0, 0.1) is 0 Å². The molecule has 0 spiro atoms. The zero-order valence-corrected chi connectivity index (χ0v) is 16.3. The Morgan fingerprint density at radius 2 is 1.72 bits per heavy atom. The van der Waals surface area contributed by atoms with Gasteiger partial charge < -0.3 is 4.74 Å². The number of carbonyl (C=O) groups is 1. The van der Waals surface area contributed by atoms with Crippen LogP contribution in [0.3, 0.4) is 0 Å². The van der Waals surface area contributed by atoms with Gasteiger partial charge in [-0.2, -0.15) is 0 Å². The number of hydrogen-bond acceptors (Lipinski definition) is 2. The Morgan fingerprint density at radius 1 is 1.12 bits per heavy atom. The van der Waals surface area contributed by atoms with Crippen LogP contribution in [0.1, 0.15) is 45.7 Å². The highest BCUT2D eigenvalue weighted by Gasteiger charge is 2.25. The second-order valence-electron chi connectivity index (χ2n) is 5.89. The third-order valence-corrected chi connectivity index (χ3v) is 3.74. The monoisotopic (exact) mass is 359 g/mol. The lowest BCUT2D eigenvalue weighted by atomic mass is 9.94. The lowest BCUT2D eigenvalue weighted by Gasteiger charge is -2.26. The number of anilines is 1. The molecule has 25 heavy (non-hydrogen) atoms. The number of ether oxygens (including phenoxy) is 1. The first kappa shape index (κ1) is 20.8. The second-order valence-corrected chi connectivity index (χ2v) is 6.33. The molecule has 0 fully saturated rings. The highest BCUT2D eigenvalue weighted by atomic mass is 35.5. The first-order valence-corrected chi connectivity index (χ1v) is 8.68. The Balaban J connectivity index is 0.00000151. The molecular formula is C21H26ClNO2. The summed E-state index contributed by atoms with van der Waals surface area (Å²) in [7, 11) is 0. The number of halogens is 1. The number of nitrogens with one attached hydrogen (secondary N) is 1. The van der Waals surface area contributed by atoms with Crippen molar-refractivity contribution in [2.75, 3.05) is 5.32 Å². The average Bonchev–Trinajstić information content (AvgIpc) is 2.58. The van der Waals surface area contributed by atoms with Gasteiger partial charge in [0.05, 0.1) is 0 Å². The van der Waals surface area contributed by atoms with Crippen LogP contribution in [0.2, 0.25) is 5.02 Å². The van der Waals surface area contributed by atoms with Gasteiger partial charge >= 0.3 is 6.09 Å². The zero-order valence-electron chi connectivity index (χ0n) is 15.5. The zero-order chi connectivity index (χ0) is 19.0. The molecule has 0 radical (unpaired) electrons. The molecule has 1 N–H and O–H groups in total. The van der Waals surface area contributed by atoms with Gasteiger partial charge in [-0.1, -0.05) is 55.8 Å². The third-order valence-electron chi connectivity index (χ3n) is 3.49. The van der Waals surface area contributed by atoms with Crippen LogP contribution in [-0.4, -0.2) is 6.09 Å². The minimum atomic E-state index is -0.762. The average molecular weight is 360 g/mol. The third kappa shape index (κ3) is 6.28. The summed E-state index contributed by atoms with van der Waals surface area (Å²) in [4.78, 5) is 12.1. The fourth-order valence-corrected chi connectivity index (χ4v) is 2.25. The lowest BCUT2D eigenvalue weighted by molar-refractivity contribution is 0.0466. The predicted octanol–water partition coefficient (Wildman–Crippen LogP) is 6.88. The van der Waals surface area contributed by atoms with Crippen LogP contribution < -0.4 is 5.32 Å². The minimum absolute atomic E-state index is 0.516. The van der Waals surface area contributed by atoms with E-state index in [2.05, 4.69) is 11.9 Å². The van der Waals surface area contributed by atoms with Crippen LogP contribution in [-0.2, 0) is 10.3 Å². The van der Waals surface area contributed by atoms with Crippen LogP contribution in [0.4, 0.5) is 10.5 Å². The standard InChI is InChI=1S/C19H20ClNO2.C2H6/c1-13(2)14-6-5-7-15(12-14)19(3,4)23-18(22)21-17-10-8-16(20)9-11-17;1-2/h5-12H,1H2,2-4H3,(H,21,22);1-2H3. The molecule has 4 heteroatoms. The molecule has 0 unspecified atom stereocenters. The normalized spacial score (nSPS) is 10.3. The fraction of sp³-hybridized carbons (Fsp3) is 0.286. The van der Waals surface area contributed by atoms with E-state index in [0.29, 0.717) is 10.7 Å². The number of allylic oxidation sites excluding steroid dienone is 1. The Bertz CT molecular complexity index is 721. The van der Waals surface area contributed by atoms with Crippen LogP contribution in [0.5, 0.6) is 0 Å². The Hall–Kier alpha value is -2.26. The molecule has 2 rings (SSSR count). The summed E-state index contributed by atoms with van der Waals surface area (Å²) < 4.78 is 5.58. The SMILES string of the molecule is C=C(C)c1cccc(C(C)(C)OC(=O)Nc2ccc(Cl)cc2)c1.CC. The van der Waals surface area contributed by atoms with Gasteiger partial charge in [0.2, 0.25) is 0 Å². The van der Waals surface area contributed by atoms with Gasteiger partial charge in [0.15, 0.2) is 0 Å². The van der Waals surface area contributed by atoms with Crippen molar-refractivity contribution in [3.05, 3.63) is 71.3 Å². The van der Waals surface area contributed by atoms with Gasteiger partial charge in [-0.05, 0) is 62.2 Å². The van der Waals surface area contributed by atoms with E-state index in [0.717, 1.165) is 16.7 Å². The van der Waals surface area contributed by atoms with Crippen molar-refractivity contribution in [2.45, 2.75) is 40.2 Å². The van der Waals surface area contributed by atoms with Crippen molar-refractivity contribution in [1.29, 1.82) is 0 Å². The van der Waals surface area contributed by atoms with E-state index in [9.17, 15) is 4.79 Å². The van der Waals surface area contributed by atoms with Crippen molar-refractivity contribution in [3.63, 3.8) is 0 Å². The highest BCUT2D eigenvalue weighted by Crippen LogP contribution is 2.27. The first-order chi connectivity index (χ1) is 11.8. The number of carbonyl (C=O) groups excluding carboxylic acids is 1. The maximum absolute atomic E-state index is 12.1. The predicted molar refractivity (Wildman–Crippen MR) is 107 cm³/mol. The minimum Gasteiger partial charge on any atom is -0.438 e. The summed E-state index contributed by atoms with van der Waals surface area (Å²) in [5.74, 6) is 0. The molecule has 0 aliphatic rings. The van der Waals surface area contributed by atoms with E-state index < -0.39 is 11.7 Å². The van der Waals surface area contributed by atoms with E-state index in [-0.39, 0.29) is 0 Å². The molecule has 2 aromatic rings. The van der Waals surface area contributed by atoms with E-state index in [1.54, 1.807) is 24.3 Å². The fourth-order valence-electron chi connectivity index (χ4n) is 2.13. The summed E-state index contributed by atoms with van der Waals surface area (Å²) in [5, 5.41) is 3.31. The summed E-state index contributed by atoms with van der Waals surface area (Å²) in [5.41, 5.74) is 2.77. The summed E-state index contributed by atoms with van der Waals surface area (Å²) >= 11 is 5.82. The summed E-state index contributed by atoms with van der Waals surface area (Å²) in [6, 6.07) is 14.7. The number of hydrogen-bond donors (Lipinski definition) is 1. The topological polar surface area (TPSA) is 38.3 Å². The Kier molecular flexibility index (Phi) is 7.72. The van der Waals surface area contributed by atoms with E-state index in [1.807, 2.05) is 58.9 Å². The van der Waals surface area contributed by atoms with E-state index in [1.165, 1.54) is 0 Å². The molecule has 3 nitrogen and oxygen atoms in total. The molecule has 0 atom stereocenters. The molecule has 0 heterocycles. The van der Waals surface area contributed by atoms with Gasteiger partial charge in [0.1, 0.15) is 5.60 Å². The molecular weight excluding hydrogens is 334 g/mol. The lowest BCUT2D eigenvalue weighted by Crippen LogP contribution is -2.28. The van der Waals surface area contributed by atoms with Gasteiger partial charge in [0.25, 0.3) is 0 Å². The van der Waals surface area contributed by atoms with Crippen LogP contribution in [0.15, 0.2) is 55.1 Å². The van der Waals surface area contributed by atoms with E-state index >= 15 is 0 Å². The molecule has 0 aromatic heterocycles. The van der Waals surface area contributed by atoms with Crippen molar-refractivity contribution >= 4 is 29.0 Å². The first-order valence-electron chi connectivity index (χ1n) is 8.30. The maximum atomic E-state index is 12.1. The van der Waals surface area contributed by atoms with Gasteiger partial charge in [-0.3, -0.25) is 5.32 Å². The van der Waals surface area contributed by atoms with Crippen molar-refractivity contribution in [1.82, 2.24) is 0 Å². The van der Waals surface area contributed by atoms with Crippen molar-refractivity contribution in [2.24, 2.45) is 0 Å². The maximum Gasteiger partial charge on any atom is 0.412 e. The molecule has 0 saturated carbocycles. The Labute approximate surface area is 155 Å². The quantitative estimate of drug-likeness (QED) is 0.645. The molecule has 0 saturated heterocycles. The van der Waals surface area contributed by atoms with E-state index in [4.69, 9.17) is 16.3 Å². The largest absolute Gasteiger partial charge is 0.438 e. The van der Waals surface area contributed by atoms with Crippen LogP contribution >= 0.6 is 11.6 Å². The van der Waals surface area contributed by atoms with Crippen molar-refractivity contribution in [3.8, 4) is 0 Å². The Morgan fingerprint density at radius 3 is 2.28 bits per heavy atom. The molecule has 0 aliphatic heterocycles. The van der Waals surface area contributed by atoms with Gasteiger partial charge in [0, 0.05) is 10.7 Å². The summed E-state index contributed by atoms with van der Waals surface area (Å²) in [6.45, 7) is 13.6. The van der Waals surface area contributed by atoms with Gasteiger partial charge in [-0.25, -0.2) is 4.79 Å². The molecule has 0 aliphatic carbocycles. The number of amides is 1. The molecule has 134 valence electrons. The molecule has 2 aromatic carbocycles. The second kappa shape index (κ2) is 9.28. The van der Waals surface area contributed by atoms with Crippen molar-refractivity contribution < 1.29 is 9.53 Å². The highest BCUT2D eigenvalue weighted by molar-refractivity contribution is 6.30. The van der Waals surface area contributed by atoms with Crippen LogP contribution in [0.25, 0.3) is 5.57 Å². The van der Waals surface area contributed by atoms with Gasteiger partial charge in [-0.15, -0.1) is 0 Å².